The summed E-state index contributed by atoms with van der Waals surface area (Å²) in [6.07, 6.45) is 4.26. The summed E-state index contributed by atoms with van der Waals surface area (Å²) in [5.74, 6) is -1.04. The van der Waals surface area contributed by atoms with Gasteiger partial charge in [-0.1, -0.05) is 32.1 Å². The number of carbonyl (C=O) groups is 1. The first-order valence-electron chi connectivity index (χ1n) is 6.46. The minimum atomic E-state index is -1.04. The number of aromatic carboxylic acids is 1. The number of carboxylic acids is 1. The molecule has 0 aliphatic heterocycles. The highest BCUT2D eigenvalue weighted by Gasteiger charge is 2.28. The first-order chi connectivity index (χ1) is 9.39. The summed E-state index contributed by atoms with van der Waals surface area (Å²) in [5, 5.41) is 17.0. The molecular weight excluding hydrogens is 256 g/mol. The van der Waals surface area contributed by atoms with Crippen molar-refractivity contribution >= 4 is 5.97 Å². The largest absolute Gasteiger partial charge is 0.476 e. The summed E-state index contributed by atoms with van der Waals surface area (Å²) < 4.78 is 1.68. The molecule has 0 aliphatic carbocycles. The van der Waals surface area contributed by atoms with Crippen LogP contribution in [0.15, 0.2) is 24.5 Å². The fraction of sp³-hybridized carbons (Fsp3) is 0.429. The average Bonchev–Trinajstić information content (AvgIpc) is 2.81. The Morgan fingerprint density at radius 3 is 2.70 bits per heavy atom. The van der Waals surface area contributed by atoms with Crippen molar-refractivity contribution in [1.82, 2.24) is 20.0 Å². The lowest BCUT2D eigenvalue weighted by Crippen LogP contribution is -2.22. The van der Waals surface area contributed by atoms with E-state index in [1.807, 2.05) is 32.9 Å². The highest BCUT2D eigenvalue weighted by atomic mass is 16.4. The molecule has 2 rings (SSSR count). The standard InChI is InChI=1S/C14H18N4O2/c1-14(2,3)12-11(13(19)20)16-17-18(12)8-6-10-5-4-7-15-9-10/h4-5,7,9H,6,8H2,1-3H3,(H,19,20). The zero-order chi connectivity index (χ0) is 14.8. The number of aryl methyl sites for hydroxylation is 2. The molecule has 0 aliphatic rings. The molecule has 0 fully saturated rings. The first-order valence-corrected chi connectivity index (χ1v) is 6.46. The molecule has 2 heterocycles. The highest BCUT2D eigenvalue weighted by molar-refractivity contribution is 5.86. The van der Waals surface area contributed by atoms with Gasteiger partial charge in [0, 0.05) is 24.4 Å². The van der Waals surface area contributed by atoms with Gasteiger partial charge in [0.25, 0.3) is 0 Å². The van der Waals surface area contributed by atoms with Gasteiger partial charge < -0.3 is 5.11 Å². The maximum atomic E-state index is 11.2. The summed E-state index contributed by atoms with van der Waals surface area (Å²) in [5.41, 5.74) is 1.43. The summed E-state index contributed by atoms with van der Waals surface area (Å²) in [6, 6.07) is 3.86. The average molecular weight is 274 g/mol. The van der Waals surface area contributed by atoms with Crippen LogP contribution in [0.2, 0.25) is 0 Å². The second-order valence-corrected chi connectivity index (χ2v) is 5.68. The molecule has 0 bridgehead atoms. The normalized spacial score (nSPS) is 11.6. The summed E-state index contributed by atoms with van der Waals surface area (Å²) in [6.45, 7) is 6.45. The number of hydrogen-bond acceptors (Lipinski definition) is 4. The molecule has 6 heteroatoms. The zero-order valence-corrected chi connectivity index (χ0v) is 11.9. The lowest BCUT2D eigenvalue weighted by molar-refractivity contribution is 0.0687. The molecule has 0 amide bonds. The maximum absolute atomic E-state index is 11.2. The third kappa shape index (κ3) is 3.01. The number of hydrogen-bond donors (Lipinski definition) is 1. The van der Waals surface area contributed by atoms with Gasteiger partial charge in [-0.3, -0.25) is 4.98 Å². The fourth-order valence-corrected chi connectivity index (χ4v) is 2.14. The van der Waals surface area contributed by atoms with E-state index in [9.17, 15) is 9.90 Å². The number of rotatable bonds is 4. The number of nitrogens with zero attached hydrogens (tertiary/aromatic N) is 4. The van der Waals surface area contributed by atoms with Crippen molar-refractivity contribution in [1.29, 1.82) is 0 Å². The van der Waals surface area contributed by atoms with Gasteiger partial charge in [-0.05, 0) is 18.1 Å². The molecule has 0 spiro atoms. The fourth-order valence-electron chi connectivity index (χ4n) is 2.14. The van der Waals surface area contributed by atoms with Gasteiger partial charge in [-0.2, -0.15) is 0 Å². The van der Waals surface area contributed by atoms with Crippen molar-refractivity contribution in [3.05, 3.63) is 41.5 Å². The Morgan fingerprint density at radius 2 is 2.15 bits per heavy atom. The summed E-state index contributed by atoms with van der Waals surface area (Å²) in [7, 11) is 0. The van der Waals surface area contributed by atoms with Crippen molar-refractivity contribution in [2.75, 3.05) is 0 Å². The zero-order valence-electron chi connectivity index (χ0n) is 11.9. The Balaban J connectivity index is 2.26. The second-order valence-electron chi connectivity index (χ2n) is 5.68. The van der Waals surface area contributed by atoms with Crippen molar-refractivity contribution in [3.63, 3.8) is 0 Å². The van der Waals surface area contributed by atoms with E-state index < -0.39 is 5.97 Å². The van der Waals surface area contributed by atoms with Gasteiger partial charge in [0.2, 0.25) is 0 Å². The first kappa shape index (κ1) is 14.2. The molecule has 106 valence electrons. The van der Waals surface area contributed by atoms with Crippen molar-refractivity contribution in [2.45, 2.75) is 39.2 Å². The molecule has 20 heavy (non-hydrogen) atoms. The number of carboxylic acid groups (broad SMARTS) is 1. The minimum absolute atomic E-state index is 0.0312. The predicted molar refractivity (Wildman–Crippen MR) is 73.6 cm³/mol. The molecule has 0 saturated heterocycles. The van der Waals surface area contributed by atoms with Crippen molar-refractivity contribution < 1.29 is 9.90 Å². The molecule has 0 atom stereocenters. The Kier molecular flexibility index (Phi) is 3.83. The number of aromatic nitrogens is 4. The number of pyridine rings is 1. The van der Waals surface area contributed by atoms with Crippen LogP contribution in [0.5, 0.6) is 0 Å². The summed E-state index contributed by atoms with van der Waals surface area (Å²) >= 11 is 0. The molecule has 1 N–H and O–H groups in total. The Bertz CT molecular complexity index is 599. The lowest BCUT2D eigenvalue weighted by atomic mass is 9.90. The molecule has 2 aromatic rings. The summed E-state index contributed by atoms with van der Waals surface area (Å²) in [4.78, 5) is 15.3. The van der Waals surface area contributed by atoms with E-state index in [4.69, 9.17) is 0 Å². The molecule has 0 aromatic carbocycles. The van der Waals surface area contributed by atoms with E-state index in [0.717, 1.165) is 12.0 Å². The third-order valence-electron chi connectivity index (χ3n) is 2.98. The van der Waals surface area contributed by atoms with Gasteiger partial charge in [0.05, 0.1) is 5.69 Å². The van der Waals surface area contributed by atoms with E-state index in [2.05, 4.69) is 15.3 Å². The Hall–Kier alpha value is -2.24. The topological polar surface area (TPSA) is 80.9 Å². The van der Waals surface area contributed by atoms with E-state index in [0.29, 0.717) is 12.2 Å². The van der Waals surface area contributed by atoms with Crippen LogP contribution >= 0.6 is 0 Å². The quantitative estimate of drug-likeness (QED) is 0.921. The van der Waals surface area contributed by atoms with Crippen LogP contribution < -0.4 is 0 Å². The van der Waals surface area contributed by atoms with Gasteiger partial charge in [-0.15, -0.1) is 5.10 Å². The minimum Gasteiger partial charge on any atom is -0.476 e. The van der Waals surface area contributed by atoms with Gasteiger partial charge in [-0.25, -0.2) is 9.48 Å². The van der Waals surface area contributed by atoms with Gasteiger partial charge >= 0.3 is 5.97 Å². The monoisotopic (exact) mass is 274 g/mol. The van der Waals surface area contributed by atoms with Crippen LogP contribution in [0, 0.1) is 0 Å². The SMILES string of the molecule is CC(C)(C)c1c(C(=O)O)nnn1CCc1cccnc1. The van der Waals surface area contributed by atoms with Gasteiger partial charge in [0.1, 0.15) is 0 Å². The Morgan fingerprint density at radius 1 is 1.40 bits per heavy atom. The smallest absolute Gasteiger partial charge is 0.358 e. The lowest BCUT2D eigenvalue weighted by Gasteiger charge is -2.20. The molecular formula is C14H18N4O2. The van der Waals surface area contributed by atoms with Crippen molar-refractivity contribution in [2.24, 2.45) is 0 Å². The van der Waals surface area contributed by atoms with E-state index in [-0.39, 0.29) is 11.1 Å². The highest BCUT2D eigenvalue weighted by Crippen LogP contribution is 2.24. The Labute approximate surface area is 117 Å². The third-order valence-corrected chi connectivity index (χ3v) is 2.98. The van der Waals surface area contributed by atoms with E-state index >= 15 is 0 Å². The van der Waals surface area contributed by atoms with Crippen LogP contribution in [0.4, 0.5) is 0 Å². The molecule has 2 aromatic heterocycles. The van der Waals surface area contributed by atoms with Crippen LogP contribution in [0.3, 0.4) is 0 Å². The van der Waals surface area contributed by atoms with Crippen LogP contribution in [0.25, 0.3) is 0 Å². The molecule has 0 radical (unpaired) electrons. The molecule has 0 unspecified atom stereocenters. The van der Waals surface area contributed by atoms with E-state index in [1.54, 1.807) is 17.1 Å². The molecule has 0 saturated carbocycles. The van der Waals surface area contributed by atoms with Crippen LogP contribution in [0.1, 0.15) is 42.5 Å². The van der Waals surface area contributed by atoms with E-state index in [1.165, 1.54) is 0 Å². The predicted octanol–water partition coefficient (Wildman–Crippen LogP) is 1.91. The van der Waals surface area contributed by atoms with Crippen LogP contribution in [-0.2, 0) is 18.4 Å². The van der Waals surface area contributed by atoms with Crippen molar-refractivity contribution in [3.8, 4) is 0 Å². The van der Waals surface area contributed by atoms with Crippen LogP contribution in [-0.4, -0.2) is 31.1 Å². The maximum Gasteiger partial charge on any atom is 0.358 e. The second kappa shape index (κ2) is 5.40. The molecule has 6 nitrogen and oxygen atoms in total. The van der Waals surface area contributed by atoms with Gasteiger partial charge in [0.15, 0.2) is 5.69 Å².